The molecule has 0 saturated carbocycles. The van der Waals surface area contributed by atoms with Crippen LogP contribution in [0.25, 0.3) is 0 Å². The summed E-state index contributed by atoms with van der Waals surface area (Å²) >= 11 is 1.22. The molecule has 0 aliphatic rings. The summed E-state index contributed by atoms with van der Waals surface area (Å²) in [5.41, 5.74) is 0. The van der Waals surface area contributed by atoms with Crippen molar-refractivity contribution >= 4 is 34.2 Å². The number of anilines is 2. The molecule has 0 bridgehead atoms. The third-order valence-corrected chi connectivity index (χ3v) is 2.34. The van der Waals surface area contributed by atoms with Crippen molar-refractivity contribution in [3.8, 4) is 0 Å². The number of hydrogen-bond donors (Lipinski definition) is 2. The lowest BCUT2D eigenvalue weighted by Crippen LogP contribution is -2.29. The van der Waals surface area contributed by atoms with Crippen molar-refractivity contribution in [3.05, 3.63) is 30.0 Å². The van der Waals surface area contributed by atoms with Crippen LogP contribution in [0, 0.1) is 0 Å². The van der Waals surface area contributed by atoms with Gasteiger partial charge in [-0.1, -0.05) is 0 Å². The van der Waals surface area contributed by atoms with Gasteiger partial charge in [-0.3, -0.25) is 20.2 Å². The van der Waals surface area contributed by atoms with Crippen LogP contribution in [-0.2, 0) is 9.59 Å². The number of thiazole rings is 1. The number of carbonyl (C=O) groups excluding carboxylic acids is 2. The molecule has 17 heavy (non-hydrogen) atoms. The summed E-state index contributed by atoms with van der Waals surface area (Å²) in [6.45, 7) is 0. The number of amides is 2. The first kappa shape index (κ1) is 11.1. The van der Waals surface area contributed by atoms with Crippen molar-refractivity contribution < 1.29 is 9.59 Å². The van der Waals surface area contributed by atoms with E-state index in [4.69, 9.17) is 0 Å². The van der Waals surface area contributed by atoms with Crippen LogP contribution in [0.4, 0.5) is 11.1 Å². The molecule has 0 aliphatic heterocycles. The van der Waals surface area contributed by atoms with E-state index < -0.39 is 11.8 Å². The maximum Gasteiger partial charge on any atom is 0.316 e. The fourth-order valence-corrected chi connectivity index (χ4v) is 1.48. The molecule has 2 aromatic heterocycles. The highest BCUT2D eigenvalue weighted by Gasteiger charge is 2.15. The monoisotopic (exact) mass is 249 g/mol. The van der Waals surface area contributed by atoms with Gasteiger partial charge in [0.25, 0.3) is 0 Å². The summed E-state index contributed by atoms with van der Waals surface area (Å²) in [4.78, 5) is 34.2. The average molecular weight is 249 g/mol. The summed E-state index contributed by atoms with van der Waals surface area (Å²) in [7, 11) is 0. The first-order chi connectivity index (χ1) is 8.25. The van der Waals surface area contributed by atoms with E-state index in [1.807, 2.05) is 0 Å². The first-order valence-corrected chi connectivity index (χ1v) is 5.42. The molecule has 0 unspecified atom stereocenters. The molecule has 2 amide bonds. The fraction of sp³-hybridized carbons (Fsp3) is 0. The van der Waals surface area contributed by atoms with Crippen LogP contribution in [-0.4, -0.2) is 26.8 Å². The number of hydrogen-bond acceptors (Lipinski definition) is 6. The Kier molecular flexibility index (Phi) is 3.36. The average Bonchev–Trinajstić information content (AvgIpc) is 2.83. The molecule has 2 rings (SSSR count). The van der Waals surface area contributed by atoms with E-state index in [1.54, 1.807) is 11.4 Å². The summed E-state index contributed by atoms with van der Waals surface area (Å²) in [6.07, 6.45) is 4.45. The maximum absolute atomic E-state index is 11.4. The summed E-state index contributed by atoms with van der Waals surface area (Å²) in [5, 5.41) is 6.65. The van der Waals surface area contributed by atoms with Gasteiger partial charge in [-0.05, 0) is 6.07 Å². The molecule has 2 heterocycles. The fourth-order valence-electron chi connectivity index (χ4n) is 0.961. The van der Waals surface area contributed by atoms with Crippen LogP contribution < -0.4 is 10.6 Å². The third kappa shape index (κ3) is 3.05. The Balaban J connectivity index is 1.94. The third-order valence-electron chi connectivity index (χ3n) is 1.65. The molecule has 0 saturated heterocycles. The van der Waals surface area contributed by atoms with Gasteiger partial charge in [0, 0.05) is 24.0 Å². The molecule has 0 aliphatic carbocycles. The van der Waals surface area contributed by atoms with Gasteiger partial charge in [-0.15, -0.1) is 11.3 Å². The second-order valence-electron chi connectivity index (χ2n) is 2.82. The van der Waals surface area contributed by atoms with Crippen molar-refractivity contribution in [3.63, 3.8) is 0 Å². The van der Waals surface area contributed by atoms with Crippen molar-refractivity contribution in [2.75, 3.05) is 10.6 Å². The minimum Gasteiger partial charge on any atom is -0.294 e. The van der Waals surface area contributed by atoms with E-state index in [0.717, 1.165) is 0 Å². The Morgan fingerprint density at radius 1 is 1.00 bits per heavy atom. The van der Waals surface area contributed by atoms with Gasteiger partial charge in [0.05, 0.1) is 0 Å². The highest BCUT2D eigenvalue weighted by Crippen LogP contribution is 2.09. The standard InChI is InChI=1S/C9H7N5O2S/c15-6(13-8-10-2-1-3-11-8)7(16)14-9-12-4-5-17-9/h1-5H,(H,12,14,16)(H,10,11,13,15). The largest absolute Gasteiger partial charge is 0.316 e. The molecular formula is C9H7N5O2S. The summed E-state index contributed by atoms with van der Waals surface area (Å²) in [6, 6.07) is 1.60. The zero-order valence-electron chi connectivity index (χ0n) is 8.45. The molecule has 0 atom stereocenters. The van der Waals surface area contributed by atoms with Crippen molar-refractivity contribution in [1.82, 2.24) is 15.0 Å². The van der Waals surface area contributed by atoms with Gasteiger partial charge in [0.15, 0.2) is 5.13 Å². The zero-order chi connectivity index (χ0) is 12.1. The molecule has 0 spiro atoms. The molecule has 0 fully saturated rings. The van der Waals surface area contributed by atoms with E-state index in [1.165, 1.54) is 29.9 Å². The Labute approximate surface area is 99.9 Å². The molecule has 7 nitrogen and oxygen atoms in total. The van der Waals surface area contributed by atoms with E-state index in [9.17, 15) is 9.59 Å². The molecular weight excluding hydrogens is 242 g/mol. The summed E-state index contributed by atoms with van der Waals surface area (Å²) in [5.74, 6) is -1.58. The maximum atomic E-state index is 11.4. The van der Waals surface area contributed by atoms with Gasteiger partial charge >= 0.3 is 11.8 Å². The molecule has 2 aromatic rings. The second-order valence-corrected chi connectivity index (χ2v) is 3.71. The number of carbonyl (C=O) groups is 2. The predicted octanol–water partition coefficient (Wildman–Crippen LogP) is 0.510. The van der Waals surface area contributed by atoms with Gasteiger partial charge in [0.2, 0.25) is 5.95 Å². The number of aromatic nitrogens is 3. The second kappa shape index (κ2) is 5.12. The van der Waals surface area contributed by atoms with Gasteiger partial charge in [0.1, 0.15) is 0 Å². The minimum atomic E-state index is -0.841. The SMILES string of the molecule is O=C(Nc1ncccn1)C(=O)Nc1nccs1. The van der Waals surface area contributed by atoms with Gasteiger partial charge in [-0.25, -0.2) is 15.0 Å². The Bertz CT molecular complexity index is 513. The van der Waals surface area contributed by atoms with Crippen LogP contribution in [0.1, 0.15) is 0 Å². The Hall–Kier alpha value is -2.35. The van der Waals surface area contributed by atoms with E-state index in [0.29, 0.717) is 5.13 Å². The molecule has 2 N–H and O–H groups in total. The molecule has 0 radical (unpaired) electrons. The topological polar surface area (TPSA) is 96.9 Å². The Morgan fingerprint density at radius 2 is 1.71 bits per heavy atom. The highest BCUT2D eigenvalue weighted by molar-refractivity contribution is 7.13. The van der Waals surface area contributed by atoms with Crippen molar-refractivity contribution in [2.45, 2.75) is 0 Å². The molecule has 86 valence electrons. The van der Waals surface area contributed by atoms with Crippen molar-refractivity contribution in [1.29, 1.82) is 0 Å². The summed E-state index contributed by atoms with van der Waals surface area (Å²) < 4.78 is 0. The molecule has 8 heteroatoms. The van der Waals surface area contributed by atoms with E-state index in [2.05, 4.69) is 25.6 Å². The van der Waals surface area contributed by atoms with E-state index in [-0.39, 0.29) is 5.95 Å². The lowest BCUT2D eigenvalue weighted by atomic mass is 10.5. The van der Waals surface area contributed by atoms with Crippen LogP contribution in [0.2, 0.25) is 0 Å². The normalized spacial score (nSPS) is 9.65. The van der Waals surface area contributed by atoms with Crippen LogP contribution >= 0.6 is 11.3 Å². The Morgan fingerprint density at radius 3 is 2.35 bits per heavy atom. The number of rotatable bonds is 2. The highest BCUT2D eigenvalue weighted by atomic mass is 32.1. The number of nitrogens with zero attached hydrogens (tertiary/aromatic N) is 3. The van der Waals surface area contributed by atoms with Crippen LogP contribution in [0.15, 0.2) is 30.0 Å². The minimum absolute atomic E-state index is 0.0757. The van der Waals surface area contributed by atoms with Gasteiger partial charge in [-0.2, -0.15) is 0 Å². The first-order valence-electron chi connectivity index (χ1n) is 4.54. The lowest BCUT2D eigenvalue weighted by molar-refractivity contribution is -0.133. The van der Waals surface area contributed by atoms with Gasteiger partial charge < -0.3 is 0 Å². The lowest BCUT2D eigenvalue weighted by Gasteiger charge is -2.02. The predicted molar refractivity (Wildman–Crippen MR) is 61.4 cm³/mol. The quantitative estimate of drug-likeness (QED) is 0.756. The zero-order valence-corrected chi connectivity index (χ0v) is 9.27. The molecule has 0 aromatic carbocycles. The smallest absolute Gasteiger partial charge is 0.294 e. The van der Waals surface area contributed by atoms with Crippen molar-refractivity contribution in [2.24, 2.45) is 0 Å². The van der Waals surface area contributed by atoms with Crippen LogP contribution in [0.3, 0.4) is 0 Å². The number of nitrogens with one attached hydrogen (secondary N) is 2. The van der Waals surface area contributed by atoms with Crippen LogP contribution in [0.5, 0.6) is 0 Å². The van der Waals surface area contributed by atoms with E-state index >= 15 is 0 Å².